The highest BCUT2D eigenvalue weighted by Crippen LogP contribution is 2.33. The SMILES string of the molecule is Cc1cc(N(C)C(=O)C=CCN(C)C)cc(-n2nc(-c3ccc(Cl)cc3)c3c(N)ncnc32)c1. The van der Waals surface area contributed by atoms with Gasteiger partial charge >= 0.3 is 0 Å². The summed E-state index contributed by atoms with van der Waals surface area (Å²) in [6.45, 7) is 2.66. The summed E-state index contributed by atoms with van der Waals surface area (Å²) < 4.78 is 1.73. The number of nitrogens with zero attached hydrogens (tertiary/aromatic N) is 6. The molecule has 34 heavy (non-hydrogen) atoms. The summed E-state index contributed by atoms with van der Waals surface area (Å²) >= 11 is 6.07. The minimum Gasteiger partial charge on any atom is -0.383 e. The van der Waals surface area contributed by atoms with Gasteiger partial charge < -0.3 is 15.5 Å². The molecule has 0 aliphatic carbocycles. The molecule has 0 saturated carbocycles. The lowest BCUT2D eigenvalue weighted by molar-refractivity contribution is -0.113. The molecule has 2 aromatic heterocycles. The van der Waals surface area contributed by atoms with Gasteiger partial charge in [-0.05, 0) is 56.9 Å². The first kappa shape index (κ1) is 23.4. The number of hydrogen-bond acceptors (Lipinski definition) is 6. The second-order valence-corrected chi connectivity index (χ2v) is 8.75. The Kier molecular flexibility index (Phi) is 6.63. The van der Waals surface area contributed by atoms with Gasteiger partial charge in [-0.1, -0.05) is 29.8 Å². The molecule has 1 amide bonds. The lowest BCUT2D eigenvalue weighted by Crippen LogP contribution is -2.24. The molecule has 0 aliphatic rings. The average molecular weight is 476 g/mol. The molecule has 2 heterocycles. The molecule has 4 rings (SSSR count). The molecule has 0 saturated heterocycles. The van der Waals surface area contributed by atoms with Crippen LogP contribution < -0.4 is 10.6 Å². The maximum atomic E-state index is 12.7. The van der Waals surface area contributed by atoms with Gasteiger partial charge in [0.15, 0.2) is 5.65 Å². The summed E-state index contributed by atoms with van der Waals surface area (Å²) in [6, 6.07) is 13.2. The van der Waals surface area contributed by atoms with Crippen LogP contribution in [0.2, 0.25) is 5.02 Å². The van der Waals surface area contributed by atoms with Crippen LogP contribution in [0.3, 0.4) is 0 Å². The topological polar surface area (TPSA) is 93.2 Å². The zero-order chi connectivity index (χ0) is 24.4. The smallest absolute Gasteiger partial charge is 0.250 e. The van der Waals surface area contributed by atoms with Gasteiger partial charge in [-0.25, -0.2) is 14.6 Å². The molecule has 0 radical (unpaired) electrons. The first-order valence-electron chi connectivity index (χ1n) is 10.7. The van der Waals surface area contributed by atoms with Crippen LogP contribution in [0.1, 0.15) is 5.56 Å². The Hall–Kier alpha value is -3.75. The number of aromatic nitrogens is 4. The zero-order valence-electron chi connectivity index (χ0n) is 19.5. The van der Waals surface area contributed by atoms with Gasteiger partial charge in [0.25, 0.3) is 0 Å². The van der Waals surface area contributed by atoms with Crippen molar-refractivity contribution in [2.75, 3.05) is 38.3 Å². The number of carbonyl (C=O) groups excluding carboxylic acids is 1. The minimum atomic E-state index is -0.114. The van der Waals surface area contributed by atoms with Crippen molar-refractivity contribution in [3.63, 3.8) is 0 Å². The molecular weight excluding hydrogens is 450 g/mol. The molecule has 9 heteroatoms. The third kappa shape index (κ3) is 4.78. The van der Waals surface area contributed by atoms with Crippen LogP contribution in [0.15, 0.2) is 60.9 Å². The number of amides is 1. The van der Waals surface area contributed by atoms with Crippen LogP contribution in [0.25, 0.3) is 28.0 Å². The third-order valence-corrected chi connectivity index (χ3v) is 5.60. The molecule has 0 bridgehead atoms. The molecule has 0 aliphatic heterocycles. The first-order valence-corrected chi connectivity index (χ1v) is 11.1. The number of benzene rings is 2. The van der Waals surface area contributed by atoms with Crippen molar-refractivity contribution < 1.29 is 4.79 Å². The van der Waals surface area contributed by atoms with Gasteiger partial charge in [0, 0.05) is 35.9 Å². The van der Waals surface area contributed by atoms with E-state index in [2.05, 4.69) is 9.97 Å². The van der Waals surface area contributed by atoms with Gasteiger partial charge in [0.1, 0.15) is 17.8 Å². The quantitative estimate of drug-likeness (QED) is 0.422. The van der Waals surface area contributed by atoms with E-state index in [0.29, 0.717) is 34.1 Å². The molecule has 4 aromatic rings. The fraction of sp³-hybridized carbons (Fsp3) is 0.200. The normalized spacial score (nSPS) is 11.6. The Morgan fingerprint density at radius 1 is 1.12 bits per heavy atom. The summed E-state index contributed by atoms with van der Waals surface area (Å²) in [6.07, 6.45) is 4.84. The van der Waals surface area contributed by atoms with Crippen LogP contribution in [0.5, 0.6) is 0 Å². The van der Waals surface area contributed by atoms with Gasteiger partial charge in [-0.3, -0.25) is 4.79 Å². The minimum absolute atomic E-state index is 0.114. The van der Waals surface area contributed by atoms with Crippen molar-refractivity contribution in [2.24, 2.45) is 0 Å². The third-order valence-electron chi connectivity index (χ3n) is 5.35. The van der Waals surface area contributed by atoms with Gasteiger partial charge in [0.2, 0.25) is 5.91 Å². The number of aryl methyl sites for hydroxylation is 1. The monoisotopic (exact) mass is 475 g/mol. The first-order chi connectivity index (χ1) is 16.2. The molecule has 2 N–H and O–H groups in total. The van der Waals surface area contributed by atoms with E-state index in [1.54, 1.807) is 34.8 Å². The predicted molar refractivity (Wildman–Crippen MR) is 137 cm³/mol. The number of nitrogen functional groups attached to an aromatic ring is 1. The summed E-state index contributed by atoms with van der Waals surface area (Å²) in [7, 11) is 5.66. The van der Waals surface area contributed by atoms with Crippen molar-refractivity contribution in [3.05, 3.63) is 71.5 Å². The number of carbonyl (C=O) groups is 1. The number of rotatable bonds is 6. The van der Waals surface area contributed by atoms with Crippen LogP contribution in [0, 0.1) is 6.92 Å². The van der Waals surface area contributed by atoms with Gasteiger partial charge in [0.05, 0.1) is 11.1 Å². The summed E-state index contributed by atoms with van der Waals surface area (Å²) in [5, 5.41) is 6.13. The van der Waals surface area contributed by atoms with E-state index in [-0.39, 0.29) is 5.91 Å². The van der Waals surface area contributed by atoms with Crippen molar-refractivity contribution in [1.29, 1.82) is 0 Å². The fourth-order valence-electron chi connectivity index (χ4n) is 3.63. The maximum absolute atomic E-state index is 12.7. The lowest BCUT2D eigenvalue weighted by Gasteiger charge is -2.18. The zero-order valence-corrected chi connectivity index (χ0v) is 20.3. The van der Waals surface area contributed by atoms with E-state index < -0.39 is 0 Å². The Morgan fingerprint density at radius 3 is 2.56 bits per heavy atom. The molecule has 0 unspecified atom stereocenters. The Balaban J connectivity index is 1.80. The number of anilines is 2. The van der Waals surface area contributed by atoms with Gasteiger partial charge in [-0.15, -0.1) is 0 Å². The molecule has 174 valence electrons. The van der Waals surface area contributed by atoms with Crippen LogP contribution in [-0.4, -0.2) is 58.2 Å². The number of fused-ring (bicyclic) bond motifs is 1. The highest BCUT2D eigenvalue weighted by atomic mass is 35.5. The number of nitrogens with two attached hydrogens (primary N) is 1. The van der Waals surface area contributed by atoms with Crippen molar-refractivity contribution in [1.82, 2.24) is 24.6 Å². The van der Waals surface area contributed by atoms with Crippen molar-refractivity contribution in [2.45, 2.75) is 6.92 Å². The average Bonchev–Trinajstić information content (AvgIpc) is 3.19. The largest absolute Gasteiger partial charge is 0.383 e. The summed E-state index contributed by atoms with van der Waals surface area (Å²) in [5.74, 6) is 0.226. The molecule has 2 aromatic carbocycles. The number of hydrogen-bond donors (Lipinski definition) is 1. The van der Waals surface area contributed by atoms with E-state index in [1.807, 2.05) is 62.3 Å². The molecule has 0 spiro atoms. The number of likely N-dealkylation sites (N-methyl/N-ethyl adjacent to an activating group) is 2. The second-order valence-electron chi connectivity index (χ2n) is 8.31. The Morgan fingerprint density at radius 2 is 1.85 bits per heavy atom. The highest BCUT2D eigenvalue weighted by molar-refractivity contribution is 6.30. The molecule has 8 nitrogen and oxygen atoms in total. The predicted octanol–water partition coefficient (Wildman–Crippen LogP) is 4.11. The summed E-state index contributed by atoms with van der Waals surface area (Å²) in [5.41, 5.74) is 10.8. The highest BCUT2D eigenvalue weighted by Gasteiger charge is 2.19. The lowest BCUT2D eigenvalue weighted by atomic mass is 10.1. The molecule has 0 fully saturated rings. The molecule has 0 atom stereocenters. The molecular formula is C25H26ClN7O. The van der Waals surface area contributed by atoms with E-state index in [0.717, 1.165) is 22.5 Å². The van der Waals surface area contributed by atoms with Gasteiger partial charge in [-0.2, -0.15) is 5.10 Å². The Labute approximate surface area is 203 Å². The second kappa shape index (κ2) is 9.62. The van der Waals surface area contributed by atoms with Crippen molar-refractivity contribution >= 4 is 40.0 Å². The van der Waals surface area contributed by atoms with E-state index in [4.69, 9.17) is 22.4 Å². The standard InChI is InChI=1S/C25H26ClN7O/c1-16-12-19(32(4)21(34)6-5-11-31(2)3)14-20(13-16)33-25-22(24(27)28-15-29-25)23(30-33)17-7-9-18(26)10-8-17/h5-10,12-15H,11H2,1-4H3,(H2,27,28,29). The number of halogens is 1. The van der Waals surface area contributed by atoms with Crippen LogP contribution in [0.4, 0.5) is 11.5 Å². The fourth-order valence-corrected chi connectivity index (χ4v) is 3.75. The maximum Gasteiger partial charge on any atom is 0.250 e. The Bertz CT molecular complexity index is 1380. The van der Waals surface area contributed by atoms with E-state index in [9.17, 15) is 4.79 Å². The van der Waals surface area contributed by atoms with E-state index in [1.165, 1.54) is 6.33 Å². The van der Waals surface area contributed by atoms with E-state index >= 15 is 0 Å². The van der Waals surface area contributed by atoms with Crippen LogP contribution in [-0.2, 0) is 4.79 Å². The van der Waals surface area contributed by atoms with Crippen LogP contribution >= 0.6 is 11.6 Å². The summed E-state index contributed by atoms with van der Waals surface area (Å²) in [4.78, 5) is 24.9. The van der Waals surface area contributed by atoms with Crippen molar-refractivity contribution in [3.8, 4) is 16.9 Å².